The highest BCUT2D eigenvalue weighted by molar-refractivity contribution is 5.94. The van der Waals surface area contributed by atoms with Crippen molar-refractivity contribution in [3.8, 4) is 0 Å². The van der Waals surface area contributed by atoms with Gasteiger partial charge in [-0.05, 0) is 42.5 Å². The van der Waals surface area contributed by atoms with Crippen LogP contribution in [0, 0.1) is 0 Å². The Hall–Kier alpha value is -4.60. The quantitative estimate of drug-likeness (QED) is 0.471. The highest BCUT2D eigenvalue weighted by atomic mass is 16.2. The maximum atomic E-state index is 12.5. The number of nitrogens with one attached hydrogen (secondary N) is 2. The summed E-state index contributed by atoms with van der Waals surface area (Å²) >= 11 is 0. The predicted molar refractivity (Wildman–Crippen MR) is 110 cm³/mol. The van der Waals surface area contributed by atoms with Crippen LogP contribution in [0.25, 0.3) is 22.1 Å². The zero-order chi connectivity index (χ0) is 20.5. The summed E-state index contributed by atoms with van der Waals surface area (Å²) in [4.78, 5) is 26.9. The molecule has 0 unspecified atom stereocenters. The predicted octanol–water partition coefficient (Wildman–Crippen LogP) is 3.34. The van der Waals surface area contributed by atoms with E-state index in [1.165, 1.54) is 0 Å². The van der Waals surface area contributed by atoms with Crippen LogP contribution in [-0.2, 0) is 0 Å². The van der Waals surface area contributed by atoms with Gasteiger partial charge in [-0.3, -0.25) is 0 Å². The van der Waals surface area contributed by atoms with Crippen LogP contribution in [-0.4, -0.2) is 42.0 Å². The number of carbonyl (C=O) groups excluding carboxylic acids is 2. The Bertz CT molecular complexity index is 1240. The Labute approximate surface area is 169 Å². The molecule has 3 aromatic carbocycles. The second kappa shape index (κ2) is 7.09. The van der Waals surface area contributed by atoms with Crippen LogP contribution in [0.1, 0.15) is 0 Å². The highest BCUT2D eigenvalue weighted by Crippen LogP contribution is 2.16. The molecule has 30 heavy (non-hydrogen) atoms. The minimum Gasteiger partial charge on any atom is -0.305 e. The van der Waals surface area contributed by atoms with E-state index >= 15 is 0 Å². The molecule has 0 aliphatic carbocycles. The number of aromatic nitrogens is 6. The number of rotatable bonds is 2. The van der Waals surface area contributed by atoms with Gasteiger partial charge in [-0.2, -0.15) is 0 Å². The molecule has 146 valence electrons. The summed E-state index contributed by atoms with van der Waals surface area (Å²) in [5, 5.41) is 22.0. The van der Waals surface area contributed by atoms with Crippen molar-refractivity contribution in [3.63, 3.8) is 0 Å². The Morgan fingerprint density at radius 2 is 0.933 bits per heavy atom. The summed E-state index contributed by atoms with van der Waals surface area (Å²) in [6.07, 6.45) is 0. The first-order valence-electron chi connectivity index (χ1n) is 9.03. The lowest BCUT2D eigenvalue weighted by molar-refractivity contribution is 0.247. The van der Waals surface area contributed by atoms with Crippen LogP contribution >= 0.6 is 0 Å². The standard InChI is InChI=1S/C20H14N8O2/c29-19(27-23-15-8-1-2-9-16(15)24-27)21-13-6-5-7-14(12-13)22-20(30)28-25-17-10-3-4-11-18(17)26-28/h1-12H,(H,21,29)(H,22,30). The largest absolute Gasteiger partial charge is 0.363 e. The first-order chi connectivity index (χ1) is 14.7. The monoisotopic (exact) mass is 398 g/mol. The van der Waals surface area contributed by atoms with Crippen LogP contribution in [0.15, 0.2) is 72.8 Å². The molecule has 10 heteroatoms. The third-order valence-corrected chi connectivity index (χ3v) is 4.30. The number of carbonyl (C=O) groups is 2. The molecule has 0 saturated carbocycles. The Kier molecular flexibility index (Phi) is 4.14. The SMILES string of the molecule is O=C(Nc1cccc(NC(=O)n2nc3ccccc3n2)c1)n1nc2ccccc2n1. The summed E-state index contributed by atoms with van der Waals surface area (Å²) in [5.41, 5.74) is 3.41. The summed E-state index contributed by atoms with van der Waals surface area (Å²) in [7, 11) is 0. The Morgan fingerprint density at radius 1 is 0.567 bits per heavy atom. The third kappa shape index (κ3) is 3.33. The van der Waals surface area contributed by atoms with Gasteiger partial charge in [-0.1, -0.05) is 39.9 Å². The lowest BCUT2D eigenvalue weighted by Gasteiger charge is -2.07. The van der Waals surface area contributed by atoms with Crippen molar-refractivity contribution in [2.45, 2.75) is 0 Å². The number of fused-ring (bicyclic) bond motifs is 2. The summed E-state index contributed by atoms with van der Waals surface area (Å²) in [6.45, 7) is 0. The first-order valence-corrected chi connectivity index (χ1v) is 9.03. The zero-order valence-electron chi connectivity index (χ0n) is 15.4. The maximum absolute atomic E-state index is 12.5. The summed E-state index contributed by atoms with van der Waals surface area (Å²) in [5.74, 6) is 0. The average Bonchev–Trinajstić information content (AvgIpc) is 3.38. The van der Waals surface area contributed by atoms with Crippen LogP contribution in [0.4, 0.5) is 21.0 Å². The molecule has 0 saturated heterocycles. The van der Waals surface area contributed by atoms with Crippen LogP contribution < -0.4 is 10.6 Å². The van der Waals surface area contributed by atoms with Gasteiger partial charge in [0.05, 0.1) is 0 Å². The fourth-order valence-electron chi connectivity index (χ4n) is 2.92. The molecule has 10 nitrogen and oxygen atoms in total. The smallest absolute Gasteiger partial charge is 0.305 e. The fourth-order valence-corrected chi connectivity index (χ4v) is 2.92. The van der Waals surface area contributed by atoms with Crippen molar-refractivity contribution in [1.29, 1.82) is 0 Å². The minimum absolute atomic E-state index is 0.470. The van der Waals surface area contributed by atoms with E-state index in [-0.39, 0.29) is 0 Å². The van der Waals surface area contributed by atoms with Crippen molar-refractivity contribution >= 4 is 45.5 Å². The second-order valence-electron chi connectivity index (χ2n) is 6.40. The molecule has 2 N–H and O–H groups in total. The number of benzene rings is 3. The van der Waals surface area contributed by atoms with E-state index in [4.69, 9.17) is 0 Å². The van der Waals surface area contributed by atoms with E-state index in [2.05, 4.69) is 31.0 Å². The molecule has 2 amide bonds. The van der Waals surface area contributed by atoms with Gasteiger partial charge in [0.2, 0.25) is 0 Å². The van der Waals surface area contributed by atoms with Gasteiger partial charge in [0.25, 0.3) is 0 Å². The molecule has 0 spiro atoms. The van der Waals surface area contributed by atoms with E-state index in [0.29, 0.717) is 33.4 Å². The molecule has 0 radical (unpaired) electrons. The molecule has 5 rings (SSSR count). The van der Waals surface area contributed by atoms with E-state index in [1.54, 1.807) is 48.5 Å². The van der Waals surface area contributed by atoms with Gasteiger partial charge in [0.1, 0.15) is 22.1 Å². The maximum Gasteiger partial charge on any atom is 0.363 e. The highest BCUT2D eigenvalue weighted by Gasteiger charge is 2.12. The van der Waals surface area contributed by atoms with E-state index < -0.39 is 12.1 Å². The number of amides is 2. The third-order valence-electron chi connectivity index (χ3n) is 4.30. The van der Waals surface area contributed by atoms with Crippen molar-refractivity contribution in [1.82, 2.24) is 30.0 Å². The Morgan fingerprint density at radius 3 is 1.30 bits per heavy atom. The van der Waals surface area contributed by atoms with Gasteiger partial charge >= 0.3 is 12.1 Å². The van der Waals surface area contributed by atoms with Gasteiger partial charge in [0.15, 0.2) is 0 Å². The molecule has 0 aliphatic heterocycles. The molecule has 5 aromatic rings. The van der Waals surface area contributed by atoms with Crippen LogP contribution in [0.2, 0.25) is 0 Å². The number of hydrogen-bond donors (Lipinski definition) is 2. The average molecular weight is 398 g/mol. The molecule has 0 fully saturated rings. The van der Waals surface area contributed by atoms with E-state index in [9.17, 15) is 9.59 Å². The number of anilines is 2. The number of nitrogens with zero attached hydrogens (tertiary/aromatic N) is 6. The molecule has 2 heterocycles. The number of hydrogen-bond acceptors (Lipinski definition) is 6. The lowest BCUT2D eigenvalue weighted by Crippen LogP contribution is -2.23. The van der Waals surface area contributed by atoms with E-state index in [1.807, 2.05) is 24.3 Å². The van der Waals surface area contributed by atoms with Gasteiger partial charge in [-0.25, -0.2) is 9.59 Å². The minimum atomic E-state index is -0.519. The van der Waals surface area contributed by atoms with E-state index in [0.717, 1.165) is 9.59 Å². The van der Waals surface area contributed by atoms with Crippen molar-refractivity contribution in [2.75, 3.05) is 10.6 Å². The molecule has 0 bridgehead atoms. The van der Waals surface area contributed by atoms with Crippen molar-refractivity contribution < 1.29 is 9.59 Å². The Balaban J connectivity index is 1.32. The molecule has 0 atom stereocenters. The molecule has 0 aliphatic rings. The zero-order valence-corrected chi connectivity index (χ0v) is 15.4. The van der Waals surface area contributed by atoms with Crippen LogP contribution in [0.5, 0.6) is 0 Å². The topological polar surface area (TPSA) is 120 Å². The second-order valence-corrected chi connectivity index (χ2v) is 6.40. The van der Waals surface area contributed by atoms with Gasteiger partial charge < -0.3 is 10.6 Å². The van der Waals surface area contributed by atoms with Crippen molar-refractivity contribution in [2.24, 2.45) is 0 Å². The van der Waals surface area contributed by atoms with Crippen molar-refractivity contribution in [3.05, 3.63) is 72.8 Å². The molecular formula is C20H14N8O2. The molecular weight excluding hydrogens is 384 g/mol. The summed E-state index contributed by atoms with van der Waals surface area (Å²) < 4.78 is 0. The van der Waals surface area contributed by atoms with Gasteiger partial charge in [-0.15, -0.1) is 20.4 Å². The van der Waals surface area contributed by atoms with Gasteiger partial charge in [0, 0.05) is 11.4 Å². The lowest BCUT2D eigenvalue weighted by atomic mass is 10.3. The normalized spacial score (nSPS) is 10.9. The fraction of sp³-hybridized carbons (Fsp3) is 0. The summed E-state index contributed by atoms with van der Waals surface area (Å²) in [6, 6.07) is 20.0. The van der Waals surface area contributed by atoms with Crippen LogP contribution in [0.3, 0.4) is 0 Å². The first kappa shape index (κ1) is 17.5. The molecule has 2 aromatic heterocycles.